The Morgan fingerprint density at radius 3 is 2.58 bits per heavy atom. The lowest BCUT2D eigenvalue weighted by molar-refractivity contribution is -0.127. The van der Waals surface area contributed by atoms with Crippen LogP contribution in [0.5, 0.6) is 5.75 Å². The molecule has 0 radical (unpaired) electrons. The Kier molecular flexibility index (Phi) is 6.42. The van der Waals surface area contributed by atoms with Gasteiger partial charge in [-0.25, -0.2) is 8.78 Å². The Balaban J connectivity index is 1.62. The van der Waals surface area contributed by atoms with Gasteiger partial charge in [0.15, 0.2) is 5.78 Å². The summed E-state index contributed by atoms with van der Waals surface area (Å²) in [5, 5.41) is 36.1. The minimum atomic E-state index is -2.56. The minimum absolute atomic E-state index is 0.0594. The van der Waals surface area contributed by atoms with Gasteiger partial charge in [0.2, 0.25) is 0 Å². The molecule has 1 saturated carbocycles. The molecule has 1 aliphatic heterocycles. The molecule has 1 heterocycles. The van der Waals surface area contributed by atoms with Crippen LogP contribution < -0.4 is 16.0 Å². The molecule has 0 aromatic heterocycles. The van der Waals surface area contributed by atoms with Crippen molar-refractivity contribution in [1.82, 2.24) is 5.32 Å². The number of nitrogens with two attached hydrogens (primary N) is 1. The number of nitrogens with one attached hydrogen (secondary N) is 1. The van der Waals surface area contributed by atoms with E-state index in [1.54, 1.807) is 20.2 Å². The number of alkyl halides is 2. The number of phenolic OH excluding ortho intramolecular Hbond substituents is 1. The van der Waals surface area contributed by atoms with Crippen molar-refractivity contribution in [2.45, 2.75) is 57.3 Å². The first-order chi connectivity index (χ1) is 17.9. The summed E-state index contributed by atoms with van der Waals surface area (Å²) in [6.45, 7) is 1.23. The average Bonchev–Trinajstić information content (AvgIpc) is 3.52. The third kappa shape index (κ3) is 3.78. The van der Waals surface area contributed by atoms with Crippen LogP contribution in [-0.4, -0.2) is 65.8 Å². The molecule has 5 atom stereocenters. The SMILES string of the molecule is CCC1O[C@]12C(C(N)=O)=C(O)CC1CC3Cc4c(N(C)C)cc(CNCC(F)F)c(O)c4C(O)=C3C(=O)C12. The number of aliphatic hydroxyl groups excluding tert-OH is 2. The summed E-state index contributed by atoms with van der Waals surface area (Å²) < 4.78 is 31.3. The fourth-order valence-electron chi connectivity index (χ4n) is 7.04. The van der Waals surface area contributed by atoms with E-state index in [9.17, 15) is 33.7 Å². The predicted octanol–water partition coefficient (Wildman–Crippen LogP) is 2.71. The quantitative estimate of drug-likeness (QED) is 0.336. The highest BCUT2D eigenvalue weighted by Gasteiger charge is 2.71. The van der Waals surface area contributed by atoms with Crippen LogP contribution in [0.15, 0.2) is 23.0 Å². The van der Waals surface area contributed by atoms with E-state index in [-0.39, 0.29) is 64.6 Å². The number of allylic oxidation sites excluding steroid dienone is 2. The van der Waals surface area contributed by atoms with E-state index in [4.69, 9.17) is 10.5 Å². The van der Waals surface area contributed by atoms with Gasteiger partial charge in [0.05, 0.1) is 29.7 Å². The molecule has 5 rings (SSSR count). The third-order valence-electron chi connectivity index (χ3n) is 8.49. The van der Waals surface area contributed by atoms with Crippen LogP contribution >= 0.6 is 0 Å². The van der Waals surface area contributed by atoms with Crippen LogP contribution in [0, 0.1) is 17.8 Å². The number of hydrogen-bond acceptors (Lipinski definition) is 8. The second-order valence-corrected chi connectivity index (χ2v) is 10.9. The monoisotopic (exact) mass is 533 g/mol. The molecule has 4 unspecified atom stereocenters. The Labute approximate surface area is 218 Å². The second-order valence-electron chi connectivity index (χ2n) is 10.9. The number of hydrogen-bond donors (Lipinski definition) is 5. The predicted molar refractivity (Wildman–Crippen MR) is 135 cm³/mol. The molecule has 9 nitrogen and oxygen atoms in total. The molecule has 11 heteroatoms. The van der Waals surface area contributed by atoms with Crippen molar-refractivity contribution < 1.29 is 38.4 Å². The average molecular weight is 534 g/mol. The van der Waals surface area contributed by atoms with Crippen molar-refractivity contribution in [3.8, 4) is 5.75 Å². The lowest BCUT2D eigenvalue weighted by atomic mass is 9.57. The number of aliphatic hydroxyl groups is 2. The van der Waals surface area contributed by atoms with E-state index in [0.717, 1.165) is 0 Å². The molecule has 3 aliphatic carbocycles. The number of epoxide rings is 1. The topological polar surface area (TPSA) is 149 Å². The summed E-state index contributed by atoms with van der Waals surface area (Å²) in [5.41, 5.74) is 6.15. The molecule has 2 fully saturated rings. The van der Waals surface area contributed by atoms with E-state index in [1.807, 2.05) is 11.8 Å². The van der Waals surface area contributed by atoms with Gasteiger partial charge in [0.25, 0.3) is 12.3 Å². The van der Waals surface area contributed by atoms with E-state index in [0.29, 0.717) is 36.1 Å². The van der Waals surface area contributed by atoms with Gasteiger partial charge in [-0.1, -0.05) is 6.92 Å². The zero-order valence-electron chi connectivity index (χ0n) is 21.6. The highest BCUT2D eigenvalue weighted by Crippen LogP contribution is 2.62. The van der Waals surface area contributed by atoms with Gasteiger partial charge in [-0.3, -0.25) is 9.59 Å². The Bertz CT molecular complexity index is 1280. The highest BCUT2D eigenvalue weighted by molar-refractivity contribution is 6.09. The van der Waals surface area contributed by atoms with Gasteiger partial charge in [-0.05, 0) is 42.7 Å². The number of amides is 1. The van der Waals surface area contributed by atoms with Gasteiger partial charge in [0, 0.05) is 43.9 Å². The van der Waals surface area contributed by atoms with Crippen LogP contribution in [0.3, 0.4) is 0 Å². The maximum absolute atomic E-state index is 14.1. The van der Waals surface area contributed by atoms with Crippen LogP contribution in [0.25, 0.3) is 5.76 Å². The first-order valence-corrected chi connectivity index (χ1v) is 12.9. The Morgan fingerprint density at radius 1 is 1.29 bits per heavy atom. The van der Waals surface area contributed by atoms with Crippen molar-refractivity contribution in [2.24, 2.45) is 23.5 Å². The number of halogens is 2. The van der Waals surface area contributed by atoms with Crippen molar-refractivity contribution in [3.63, 3.8) is 0 Å². The summed E-state index contributed by atoms with van der Waals surface area (Å²) in [6.07, 6.45) is -1.62. The first kappa shape index (κ1) is 26.4. The molecule has 38 heavy (non-hydrogen) atoms. The summed E-state index contributed by atoms with van der Waals surface area (Å²) >= 11 is 0. The number of benzene rings is 1. The van der Waals surface area contributed by atoms with Gasteiger partial charge < -0.3 is 36.0 Å². The number of ketones is 1. The van der Waals surface area contributed by atoms with Crippen LogP contribution in [0.2, 0.25) is 0 Å². The fourth-order valence-corrected chi connectivity index (χ4v) is 7.04. The summed E-state index contributed by atoms with van der Waals surface area (Å²) in [5.74, 6) is -3.50. The van der Waals surface area contributed by atoms with Crippen molar-refractivity contribution >= 4 is 23.1 Å². The summed E-state index contributed by atoms with van der Waals surface area (Å²) in [4.78, 5) is 28.3. The smallest absolute Gasteiger partial charge is 0.251 e. The number of phenols is 1. The number of anilines is 1. The molecule has 0 bridgehead atoms. The number of fused-ring (bicyclic) bond motifs is 4. The number of aromatic hydroxyl groups is 1. The fraction of sp³-hybridized carbons (Fsp3) is 0.556. The summed E-state index contributed by atoms with van der Waals surface area (Å²) in [7, 11) is 3.60. The molecule has 6 N–H and O–H groups in total. The molecule has 1 aromatic rings. The van der Waals surface area contributed by atoms with Gasteiger partial charge in [-0.2, -0.15) is 0 Å². The molecular formula is C27H33F2N3O6. The lowest BCUT2D eigenvalue weighted by Crippen LogP contribution is -2.52. The molecule has 206 valence electrons. The Morgan fingerprint density at radius 2 is 2.00 bits per heavy atom. The largest absolute Gasteiger partial charge is 0.512 e. The first-order valence-electron chi connectivity index (χ1n) is 12.9. The maximum atomic E-state index is 14.1. The van der Waals surface area contributed by atoms with Crippen molar-refractivity contribution in [2.75, 3.05) is 25.5 Å². The number of nitrogens with zero attached hydrogens (tertiary/aromatic N) is 1. The molecule has 1 saturated heterocycles. The van der Waals surface area contributed by atoms with Crippen LogP contribution in [0.4, 0.5) is 14.5 Å². The van der Waals surface area contributed by atoms with Crippen molar-refractivity contribution in [3.05, 3.63) is 39.7 Å². The Hall–Kier alpha value is -3.18. The lowest BCUT2D eigenvalue weighted by Gasteiger charge is -2.45. The number of Topliss-reactive ketones (excluding diaryl/α,β-unsaturated/α-hetero) is 1. The zero-order chi connectivity index (χ0) is 27.7. The van der Waals surface area contributed by atoms with Gasteiger partial charge in [-0.15, -0.1) is 0 Å². The van der Waals surface area contributed by atoms with Gasteiger partial charge >= 0.3 is 0 Å². The van der Waals surface area contributed by atoms with E-state index in [1.165, 1.54) is 0 Å². The zero-order valence-corrected chi connectivity index (χ0v) is 21.6. The van der Waals surface area contributed by atoms with Crippen LogP contribution in [0.1, 0.15) is 42.9 Å². The normalized spacial score (nSPS) is 29.9. The second kappa shape index (κ2) is 9.23. The molecule has 1 aromatic carbocycles. The number of carbonyl (C=O) groups excluding carboxylic acids is 2. The molecular weight excluding hydrogens is 500 g/mol. The van der Waals surface area contributed by atoms with E-state index < -0.39 is 36.5 Å². The third-order valence-corrected chi connectivity index (χ3v) is 8.49. The minimum Gasteiger partial charge on any atom is -0.512 e. The number of rotatable bonds is 7. The maximum Gasteiger partial charge on any atom is 0.251 e. The standard InChI is InChI=1S/C27H33F2N3O6/c1-4-17-27(38-17)21-12(8-16(33)22(27)26(30)37)5-11-6-14-15(32(2)3)7-13(9-31-10-18(28)29)23(34)20(14)24(35)19(11)25(21)36/h7,11-12,17-18,21,31,33-35H,4-6,8-10H2,1-3H3,(H2,30,37)/t11?,12?,17?,21?,27-/m1/s1. The van der Waals surface area contributed by atoms with Crippen molar-refractivity contribution in [1.29, 1.82) is 0 Å². The number of ether oxygens (including phenoxy) is 1. The molecule has 1 spiro atoms. The van der Waals surface area contributed by atoms with E-state index in [2.05, 4.69) is 5.32 Å². The summed E-state index contributed by atoms with van der Waals surface area (Å²) in [6, 6.07) is 1.70. The van der Waals surface area contributed by atoms with Gasteiger partial charge in [0.1, 0.15) is 22.9 Å². The number of carbonyl (C=O) groups is 2. The molecule has 4 aliphatic rings. The van der Waals surface area contributed by atoms with Crippen LogP contribution in [-0.2, 0) is 27.3 Å². The highest BCUT2D eigenvalue weighted by atomic mass is 19.3. The number of primary amides is 1. The molecule has 1 amide bonds. The van der Waals surface area contributed by atoms with E-state index >= 15 is 0 Å².